The van der Waals surface area contributed by atoms with Crippen LogP contribution in [0.5, 0.6) is 0 Å². The maximum atomic E-state index is 13.4. The van der Waals surface area contributed by atoms with Gasteiger partial charge in [-0.3, -0.25) is 9.10 Å². The zero-order valence-electron chi connectivity index (χ0n) is 16.8. The van der Waals surface area contributed by atoms with Crippen molar-refractivity contribution in [3.8, 4) is 0 Å². The van der Waals surface area contributed by atoms with E-state index in [0.717, 1.165) is 22.4 Å². The highest BCUT2D eigenvalue weighted by Crippen LogP contribution is 2.36. The lowest BCUT2D eigenvalue weighted by Crippen LogP contribution is -2.39. The molecule has 4 rings (SSSR count). The van der Waals surface area contributed by atoms with Crippen LogP contribution in [-0.2, 0) is 16.6 Å². The van der Waals surface area contributed by atoms with E-state index in [2.05, 4.69) is 5.32 Å². The molecule has 0 amide bonds. The monoisotopic (exact) mass is 418 g/mol. The number of rotatable bonds is 4. The van der Waals surface area contributed by atoms with Crippen molar-refractivity contribution in [2.45, 2.75) is 20.4 Å². The summed E-state index contributed by atoms with van der Waals surface area (Å²) < 4.78 is 28.2. The fraction of sp³-hybridized carbons (Fsp3) is 0.125. The van der Waals surface area contributed by atoms with E-state index in [9.17, 15) is 13.2 Å². The summed E-state index contributed by atoms with van der Waals surface area (Å²) in [5.41, 5.74) is 4.46. The van der Waals surface area contributed by atoms with Crippen LogP contribution in [0.4, 0.5) is 11.4 Å². The summed E-state index contributed by atoms with van der Waals surface area (Å²) in [6.07, 6.45) is 1.30. The van der Waals surface area contributed by atoms with Crippen molar-refractivity contribution in [2.75, 3.05) is 9.62 Å². The number of aryl methyl sites for hydroxylation is 2. The summed E-state index contributed by atoms with van der Waals surface area (Å²) in [4.78, 5) is 12.8. The smallest absolute Gasteiger partial charge is 0.270 e. The van der Waals surface area contributed by atoms with Crippen LogP contribution >= 0.6 is 0 Å². The molecule has 0 saturated carbocycles. The molecule has 0 atom stereocenters. The Kier molecular flexibility index (Phi) is 5.18. The molecule has 0 radical (unpaired) electrons. The zero-order valence-corrected chi connectivity index (χ0v) is 17.6. The maximum Gasteiger partial charge on any atom is 0.270 e. The number of carbonyl (C=O) groups excluding carboxylic acids is 1. The van der Waals surface area contributed by atoms with Crippen LogP contribution in [0.15, 0.2) is 83.9 Å². The van der Waals surface area contributed by atoms with Crippen LogP contribution in [0, 0.1) is 13.8 Å². The summed E-state index contributed by atoms with van der Waals surface area (Å²) >= 11 is 0. The number of allylic oxidation sites excluding steroid dienone is 1. The number of ketones is 1. The Morgan fingerprint density at radius 3 is 2.37 bits per heavy atom. The minimum absolute atomic E-state index is 0.148. The van der Waals surface area contributed by atoms with Crippen LogP contribution < -0.4 is 9.62 Å². The number of para-hydroxylation sites is 1. The number of benzene rings is 3. The molecule has 0 unspecified atom stereocenters. The lowest BCUT2D eigenvalue weighted by atomic mass is 10.1. The average molecular weight is 419 g/mol. The second-order valence-electron chi connectivity index (χ2n) is 7.37. The lowest BCUT2D eigenvalue weighted by Gasteiger charge is -2.31. The standard InChI is InChI=1S/C24H22N2O3S/c1-17-10-12-19(13-11-17)16-26-22-9-4-3-8-21(22)24(27)23(30(26,28)29)15-25-20-7-5-6-18(2)14-20/h3-15,25H,16H2,1-2H3/b23-15+. The number of anilines is 2. The molecule has 1 heterocycles. The number of nitrogens with zero attached hydrogens (tertiary/aromatic N) is 1. The largest absolute Gasteiger partial charge is 0.360 e. The highest BCUT2D eigenvalue weighted by Gasteiger charge is 2.40. The topological polar surface area (TPSA) is 66.5 Å². The predicted octanol–water partition coefficient (Wildman–Crippen LogP) is 4.79. The quantitative estimate of drug-likeness (QED) is 0.619. The molecule has 3 aromatic rings. The number of hydrogen-bond acceptors (Lipinski definition) is 4. The van der Waals surface area contributed by atoms with Gasteiger partial charge in [0, 0.05) is 17.5 Å². The van der Waals surface area contributed by atoms with Crippen molar-refractivity contribution >= 4 is 27.2 Å². The van der Waals surface area contributed by atoms with Gasteiger partial charge in [0.15, 0.2) is 4.91 Å². The number of carbonyl (C=O) groups is 1. The van der Waals surface area contributed by atoms with E-state index in [1.54, 1.807) is 24.3 Å². The van der Waals surface area contributed by atoms with Crippen molar-refractivity contribution in [1.82, 2.24) is 0 Å². The molecule has 0 fully saturated rings. The summed E-state index contributed by atoms with van der Waals surface area (Å²) in [7, 11) is -4.03. The van der Waals surface area contributed by atoms with Crippen molar-refractivity contribution in [3.63, 3.8) is 0 Å². The van der Waals surface area contributed by atoms with Crippen molar-refractivity contribution in [2.24, 2.45) is 0 Å². The third-order valence-corrected chi connectivity index (χ3v) is 6.81. The van der Waals surface area contributed by atoms with E-state index >= 15 is 0 Å². The second kappa shape index (κ2) is 7.80. The molecule has 0 spiro atoms. The van der Waals surface area contributed by atoms with Crippen molar-refractivity contribution in [1.29, 1.82) is 0 Å². The molecule has 1 N–H and O–H groups in total. The Labute approximate surface area is 176 Å². The van der Waals surface area contributed by atoms with Gasteiger partial charge in [0.2, 0.25) is 5.78 Å². The van der Waals surface area contributed by atoms with E-state index in [0.29, 0.717) is 11.3 Å². The lowest BCUT2D eigenvalue weighted by molar-refractivity contribution is 0.104. The van der Waals surface area contributed by atoms with Gasteiger partial charge in [0.1, 0.15) is 0 Å². The van der Waals surface area contributed by atoms with Gasteiger partial charge in [0.05, 0.1) is 12.2 Å². The number of sulfonamides is 1. The molecule has 1 aliphatic heterocycles. The zero-order chi connectivity index (χ0) is 21.3. The molecule has 3 aromatic carbocycles. The Hall–Kier alpha value is -3.38. The van der Waals surface area contributed by atoms with Gasteiger partial charge in [0.25, 0.3) is 10.0 Å². The molecule has 0 bridgehead atoms. The first-order valence-electron chi connectivity index (χ1n) is 9.61. The van der Waals surface area contributed by atoms with Gasteiger partial charge in [-0.1, -0.05) is 54.1 Å². The fourth-order valence-corrected chi connectivity index (χ4v) is 4.96. The summed E-state index contributed by atoms with van der Waals surface area (Å²) in [6, 6.07) is 22.0. The highest BCUT2D eigenvalue weighted by atomic mass is 32.2. The number of hydrogen-bond donors (Lipinski definition) is 1. The fourth-order valence-electron chi connectivity index (χ4n) is 3.43. The Balaban J connectivity index is 1.77. The Morgan fingerprint density at radius 1 is 0.900 bits per heavy atom. The Bertz CT molecular complexity index is 1250. The summed E-state index contributed by atoms with van der Waals surface area (Å²) in [5.74, 6) is -0.508. The number of Topliss-reactive ketones (excluding diaryl/α,β-unsaturated/α-hetero) is 1. The number of fused-ring (bicyclic) bond motifs is 1. The van der Waals surface area contributed by atoms with Gasteiger partial charge in [-0.25, -0.2) is 8.42 Å². The normalized spacial score (nSPS) is 16.4. The van der Waals surface area contributed by atoms with E-state index in [4.69, 9.17) is 0 Å². The SMILES string of the molecule is Cc1ccc(CN2c3ccccc3C(=O)/C(=C\Nc3cccc(C)c3)S2(=O)=O)cc1. The van der Waals surface area contributed by atoms with E-state index < -0.39 is 15.8 Å². The van der Waals surface area contributed by atoms with Gasteiger partial charge in [-0.2, -0.15) is 0 Å². The molecule has 0 aliphatic carbocycles. The molecular weight excluding hydrogens is 396 g/mol. The van der Waals surface area contributed by atoms with Gasteiger partial charge >= 0.3 is 0 Å². The van der Waals surface area contributed by atoms with E-state index in [-0.39, 0.29) is 11.4 Å². The predicted molar refractivity (Wildman–Crippen MR) is 120 cm³/mol. The second-order valence-corrected chi connectivity index (χ2v) is 9.20. The van der Waals surface area contributed by atoms with Gasteiger partial charge < -0.3 is 5.32 Å². The van der Waals surface area contributed by atoms with Crippen LogP contribution in [0.2, 0.25) is 0 Å². The van der Waals surface area contributed by atoms with Crippen molar-refractivity contribution < 1.29 is 13.2 Å². The molecule has 30 heavy (non-hydrogen) atoms. The average Bonchev–Trinajstić information content (AvgIpc) is 2.72. The third-order valence-electron chi connectivity index (χ3n) is 5.04. The molecule has 0 aromatic heterocycles. The maximum absolute atomic E-state index is 13.4. The minimum atomic E-state index is -4.03. The first kappa shape index (κ1) is 19.9. The van der Waals surface area contributed by atoms with Gasteiger partial charge in [-0.15, -0.1) is 0 Å². The van der Waals surface area contributed by atoms with Crippen LogP contribution in [0.1, 0.15) is 27.0 Å². The first-order chi connectivity index (χ1) is 14.4. The molecular formula is C24H22N2O3S. The van der Waals surface area contributed by atoms with Gasteiger partial charge in [-0.05, 0) is 49.2 Å². The first-order valence-corrected chi connectivity index (χ1v) is 11.1. The van der Waals surface area contributed by atoms with E-state index in [1.165, 1.54) is 10.5 Å². The minimum Gasteiger partial charge on any atom is -0.360 e. The highest BCUT2D eigenvalue weighted by molar-refractivity contribution is 7.97. The summed E-state index contributed by atoms with van der Waals surface area (Å²) in [6.45, 7) is 4.07. The number of nitrogens with one attached hydrogen (secondary N) is 1. The molecule has 0 saturated heterocycles. The molecule has 5 nitrogen and oxygen atoms in total. The summed E-state index contributed by atoms with van der Waals surface area (Å²) in [5, 5.41) is 2.98. The van der Waals surface area contributed by atoms with Crippen LogP contribution in [0.3, 0.4) is 0 Å². The molecule has 1 aliphatic rings. The third kappa shape index (κ3) is 3.74. The van der Waals surface area contributed by atoms with E-state index in [1.807, 2.05) is 62.4 Å². The van der Waals surface area contributed by atoms with Crippen LogP contribution in [-0.4, -0.2) is 14.2 Å². The van der Waals surface area contributed by atoms with Crippen molar-refractivity contribution in [3.05, 3.63) is 106 Å². The molecule has 6 heteroatoms. The Morgan fingerprint density at radius 2 is 1.63 bits per heavy atom. The molecule has 152 valence electrons. The van der Waals surface area contributed by atoms with Crippen LogP contribution in [0.25, 0.3) is 0 Å².